The van der Waals surface area contributed by atoms with Crippen molar-refractivity contribution in [1.29, 1.82) is 0 Å². The number of nitrogens with zero attached hydrogens (tertiary/aromatic N) is 2. The summed E-state index contributed by atoms with van der Waals surface area (Å²) in [5, 5.41) is 7.16. The number of rotatable bonds is 7. The van der Waals surface area contributed by atoms with E-state index in [-0.39, 0.29) is 0 Å². The lowest BCUT2D eigenvalue weighted by molar-refractivity contribution is 0.669. The van der Waals surface area contributed by atoms with E-state index in [0.29, 0.717) is 0 Å². The first kappa shape index (κ1) is 34.9. The Morgan fingerprint density at radius 2 is 0.869 bits per heavy atom. The largest absolute Gasteiger partial charge is 0.456 e. The van der Waals surface area contributed by atoms with Gasteiger partial charge in [0.05, 0.1) is 16.7 Å². The lowest BCUT2D eigenvalue weighted by Gasteiger charge is -2.28. The molecule has 0 radical (unpaired) electrons. The molecule has 0 aliphatic rings. The predicted octanol–water partition coefficient (Wildman–Crippen LogP) is 16.3. The van der Waals surface area contributed by atoms with Crippen molar-refractivity contribution in [3.8, 4) is 39.1 Å². The van der Waals surface area contributed by atoms with Crippen molar-refractivity contribution in [2.75, 3.05) is 4.90 Å². The standard InChI is InChI=1S/C58H38N2O/c1-2-13-39(14-3-1)40-25-30-46(31-26-40)59(54-22-9-6-19-49(54)45-29-34-52-53-36-43-15-4-5-16-44(43)37-58(53)61-57(52)38-45)47-32-27-41(28-33-47)42-17-12-18-48(35-42)60-55-23-10-7-20-50(55)51-21-8-11-24-56(51)60/h1-38H. The van der Waals surface area contributed by atoms with Gasteiger partial charge >= 0.3 is 0 Å². The fourth-order valence-electron chi connectivity index (χ4n) is 9.23. The zero-order valence-corrected chi connectivity index (χ0v) is 33.2. The van der Waals surface area contributed by atoms with Crippen LogP contribution in [0, 0.1) is 0 Å². The summed E-state index contributed by atoms with van der Waals surface area (Å²) >= 11 is 0. The average molecular weight is 779 g/mol. The molecule has 2 heterocycles. The van der Waals surface area contributed by atoms with E-state index < -0.39 is 0 Å². The highest BCUT2D eigenvalue weighted by molar-refractivity contribution is 6.11. The van der Waals surface area contributed by atoms with Gasteiger partial charge in [0.1, 0.15) is 11.2 Å². The number of anilines is 3. The van der Waals surface area contributed by atoms with Crippen LogP contribution >= 0.6 is 0 Å². The predicted molar refractivity (Wildman–Crippen MR) is 257 cm³/mol. The Bertz CT molecular complexity index is 3520. The van der Waals surface area contributed by atoms with Gasteiger partial charge in [0, 0.05) is 44.2 Å². The lowest BCUT2D eigenvalue weighted by Crippen LogP contribution is -2.11. The Labute approximate surface area is 353 Å². The van der Waals surface area contributed by atoms with Crippen LogP contribution in [-0.2, 0) is 0 Å². The topological polar surface area (TPSA) is 21.3 Å². The molecule has 10 aromatic carbocycles. The quantitative estimate of drug-likeness (QED) is 0.161. The summed E-state index contributed by atoms with van der Waals surface area (Å²) in [6, 6.07) is 82.9. The molecule has 0 aliphatic heterocycles. The third-order valence-electron chi connectivity index (χ3n) is 12.2. The summed E-state index contributed by atoms with van der Waals surface area (Å²) in [5.41, 5.74) is 15.5. The summed E-state index contributed by atoms with van der Waals surface area (Å²) in [4.78, 5) is 2.37. The monoisotopic (exact) mass is 778 g/mol. The highest BCUT2D eigenvalue weighted by atomic mass is 16.3. The molecule has 0 aliphatic carbocycles. The molecule has 0 unspecified atom stereocenters. The van der Waals surface area contributed by atoms with Gasteiger partial charge in [0.2, 0.25) is 0 Å². The van der Waals surface area contributed by atoms with E-state index in [1.807, 2.05) is 0 Å². The first-order valence-electron chi connectivity index (χ1n) is 20.8. The Balaban J connectivity index is 0.963. The molecule has 2 aromatic heterocycles. The molecule has 0 spiro atoms. The Hall–Kier alpha value is -8.14. The number of hydrogen-bond donors (Lipinski definition) is 0. The molecule has 3 nitrogen and oxygen atoms in total. The molecule has 0 saturated heterocycles. The summed E-state index contributed by atoms with van der Waals surface area (Å²) in [6.07, 6.45) is 0. The molecule has 0 fully saturated rings. The van der Waals surface area contributed by atoms with E-state index in [1.165, 1.54) is 43.7 Å². The third kappa shape index (κ3) is 5.98. The minimum Gasteiger partial charge on any atom is -0.456 e. The number of fused-ring (bicyclic) bond motifs is 7. The van der Waals surface area contributed by atoms with Gasteiger partial charge in [-0.25, -0.2) is 0 Å². The van der Waals surface area contributed by atoms with Crippen LogP contribution in [0.4, 0.5) is 17.1 Å². The maximum Gasteiger partial charge on any atom is 0.136 e. The molecular weight excluding hydrogens is 741 g/mol. The minimum absolute atomic E-state index is 0.879. The molecular formula is C58H38N2O. The first-order chi connectivity index (χ1) is 30.2. The SMILES string of the molecule is c1ccc(-c2ccc(N(c3ccc(-c4cccc(-n5c6ccccc6c6ccccc65)c4)cc3)c3ccccc3-c3ccc4c(c3)oc3cc5ccccc5cc34)cc2)cc1. The Kier molecular flexibility index (Phi) is 8.17. The molecule has 0 atom stereocenters. The van der Waals surface area contributed by atoms with E-state index in [2.05, 4.69) is 240 Å². The fourth-order valence-corrected chi connectivity index (χ4v) is 9.23. The van der Waals surface area contributed by atoms with E-state index in [4.69, 9.17) is 4.42 Å². The molecule has 12 aromatic rings. The molecule has 0 amide bonds. The van der Waals surface area contributed by atoms with E-state index in [1.54, 1.807) is 0 Å². The van der Waals surface area contributed by atoms with Gasteiger partial charge in [-0.3, -0.25) is 0 Å². The maximum absolute atomic E-state index is 6.56. The Morgan fingerprint density at radius 1 is 0.328 bits per heavy atom. The van der Waals surface area contributed by atoms with Crippen LogP contribution in [0.5, 0.6) is 0 Å². The van der Waals surface area contributed by atoms with Gasteiger partial charge in [0.25, 0.3) is 0 Å². The first-order valence-corrected chi connectivity index (χ1v) is 20.8. The smallest absolute Gasteiger partial charge is 0.136 e. The fraction of sp³-hybridized carbons (Fsp3) is 0. The van der Waals surface area contributed by atoms with Gasteiger partial charge in [0.15, 0.2) is 0 Å². The van der Waals surface area contributed by atoms with Crippen molar-refractivity contribution in [1.82, 2.24) is 4.57 Å². The molecule has 61 heavy (non-hydrogen) atoms. The number of benzene rings is 10. The van der Waals surface area contributed by atoms with Crippen LogP contribution < -0.4 is 4.90 Å². The maximum atomic E-state index is 6.56. The van der Waals surface area contributed by atoms with E-state index in [0.717, 1.165) is 66.9 Å². The normalized spacial score (nSPS) is 11.6. The van der Waals surface area contributed by atoms with Crippen LogP contribution in [0.3, 0.4) is 0 Å². The summed E-state index contributed by atoms with van der Waals surface area (Å²) in [7, 11) is 0. The van der Waals surface area contributed by atoms with Gasteiger partial charge in [-0.1, -0.05) is 152 Å². The van der Waals surface area contributed by atoms with Gasteiger partial charge in [-0.05, 0) is 117 Å². The van der Waals surface area contributed by atoms with Crippen molar-refractivity contribution in [3.63, 3.8) is 0 Å². The number of hydrogen-bond acceptors (Lipinski definition) is 2. The van der Waals surface area contributed by atoms with Crippen LogP contribution in [0.1, 0.15) is 0 Å². The highest BCUT2D eigenvalue weighted by Crippen LogP contribution is 2.44. The second-order valence-electron chi connectivity index (χ2n) is 15.7. The third-order valence-corrected chi connectivity index (χ3v) is 12.2. The zero-order chi connectivity index (χ0) is 40.3. The molecule has 286 valence electrons. The summed E-state index contributed by atoms with van der Waals surface area (Å²) < 4.78 is 8.94. The number of para-hydroxylation sites is 3. The van der Waals surface area contributed by atoms with Crippen LogP contribution in [-0.4, -0.2) is 4.57 Å². The number of furan rings is 1. The number of aromatic nitrogens is 1. The van der Waals surface area contributed by atoms with Crippen LogP contribution in [0.25, 0.3) is 93.6 Å². The molecule has 0 saturated carbocycles. The molecule has 0 bridgehead atoms. The second kappa shape index (κ2) is 14.3. The van der Waals surface area contributed by atoms with Crippen molar-refractivity contribution in [2.45, 2.75) is 0 Å². The van der Waals surface area contributed by atoms with Crippen molar-refractivity contribution in [2.24, 2.45) is 0 Å². The van der Waals surface area contributed by atoms with Crippen molar-refractivity contribution < 1.29 is 4.42 Å². The van der Waals surface area contributed by atoms with Crippen molar-refractivity contribution >= 4 is 71.6 Å². The molecule has 3 heteroatoms. The van der Waals surface area contributed by atoms with Gasteiger partial charge < -0.3 is 13.9 Å². The molecule has 0 N–H and O–H groups in total. The minimum atomic E-state index is 0.879. The lowest BCUT2D eigenvalue weighted by atomic mass is 9.99. The Morgan fingerprint density at radius 3 is 1.59 bits per heavy atom. The zero-order valence-electron chi connectivity index (χ0n) is 33.2. The molecule has 12 rings (SSSR count). The van der Waals surface area contributed by atoms with Crippen molar-refractivity contribution in [3.05, 3.63) is 231 Å². The van der Waals surface area contributed by atoms with E-state index >= 15 is 0 Å². The summed E-state index contributed by atoms with van der Waals surface area (Å²) in [5.74, 6) is 0. The van der Waals surface area contributed by atoms with Crippen LogP contribution in [0.2, 0.25) is 0 Å². The van der Waals surface area contributed by atoms with Gasteiger partial charge in [-0.15, -0.1) is 0 Å². The second-order valence-corrected chi connectivity index (χ2v) is 15.7. The average Bonchev–Trinajstić information content (AvgIpc) is 3.86. The summed E-state index contributed by atoms with van der Waals surface area (Å²) in [6.45, 7) is 0. The highest BCUT2D eigenvalue weighted by Gasteiger charge is 2.19. The van der Waals surface area contributed by atoms with Gasteiger partial charge in [-0.2, -0.15) is 0 Å². The van der Waals surface area contributed by atoms with Crippen LogP contribution in [0.15, 0.2) is 235 Å². The van der Waals surface area contributed by atoms with E-state index in [9.17, 15) is 0 Å².